The summed E-state index contributed by atoms with van der Waals surface area (Å²) in [7, 11) is 0. The lowest BCUT2D eigenvalue weighted by Crippen LogP contribution is -2.45. The highest BCUT2D eigenvalue weighted by molar-refractivity contribution is 9.10. The van der Waals surface area contributed by atoms with E-state index in [2.05, 4.69) is 21.2 Å². The highest BCUT2D eigenvalue weighted by Crippen LogP contribution is 2.34. The molecule has 0 spiro atoms. The highest BCUT2D eigenvalue weighted by Gasteiger charge is 2.43. The first kappa shape index (κ1) is 14.3. The molecule has 1 N–H and O–H groups in total. The summed E-state index contributed by atoms with van der Waals surface area (Å²) in [6.07, 6.45) is 3.06. The van der Waals surface area contributed by atoms with E-state index in [1.807, 2.05) is 24.3 Å². The number of carbonyl (C=O) groups is 2. The second kappa shape index (κ2) is 5.87. The topological polar surface area (TPSA) is 46.2 Å². The molecule has 0 bridgehead atoms. The van der Waals surface area contributed by atoms with Crippen LogP contribution in [0.2, 0.25) is 0 Å². The van der Waals surface area contributed by atoms with Gasteiger partial charge in [-0.1, -0.05) is 22.4 Å². The molecule has 0 amide bonds. The number of halogens is 1. The van der Waals surface area contributed by atoms with E-state index in [4.69, 9.17) is 0 Å². The first-order valence-electron chi connectivity index (χ1n) is 6.58. The molecule has 0 radical (unpaired) electrons. The lowest BCUT2D eigenvalue weighted by atomic mass is 9.70. The van der Waals surface area contributed by atoms with Crippen LogP contribution in [-0.4, -0.2) is 18.1 Å². The smallest absolute Gasteiger partial charge is 0.148 e. The monoisotopic (exact) mass is 323 g/mol. The van der Waals surface area contributed by atoms with Crippen LogP contribution in [0.4, 0.5) is 5.69 Å². The number of hydrogen-bond donors (Lipinski definition) is 1. The molecule has 0 aliphatic heterocycles. The van der Waals surface area contributed by atoms with E-state index in [0.717, 1.165) is 23.0 Å². The second-order valence-corrected chi connectivity index (χ2v) is 6.04. The summed E-state index contributed by atoms with van der Waals surface area (Å²) in [5, 5.41) is 3.23. The molecule has 1 aromatic rings. The van der Waals surface area contributed by atoms with Gasteiger partial charge in [0.15, 0.2) is 0 Å². The molecular weight excluding hydrogens is 306 g/mol. The molecule has 0 aromatic heterocycles. The number of Topliss-reactive ketones (excluding diaryl/α,β-unsaturated/α-hetero) is 2. The summed E-state index contributed by atoms with van der Waals surface area (Å²) < 4.78 is 1.01. The fourth-order valence-electron chi connectivity index (χ4n) is 2.60. The van der Waals surface area contributed by atoms with Crippen LogP contribution in [0.25, 0.3) is 0 Å². The van der Waals surface area contributed by atoms with Crippen LogP contribution >= 0.6 is 15.9 Å². The van der Waals surface area contributed by atoms with E-state index < -0.39 is 5.41 Å². The summed E-state index contributed by atoms with van der Waals surface area (Å²) in [6, 6.07) is 7.74. The van der Waals surface area contributed by atoms with E-state index in [1.165, 1.54) is 6.92 Å². The normalized spacial score (nSPS) is 23.2. The van der Waals surface area contributed by atoms with Crippen molar-refractivity contribution in [2.24, 2.45) is 5.41 Å². The van der Waals surface area contributed by atoms with Gasteiger partial charge in [-0.15, -0.1) is 0 Å². The summed E-state index contributed by atoms with van der Waals surface area (Å²) in [5.74, 6) is 0.0812. The molecular formula is C15H18BrNO2. The van der Waals surface area contributed by atoms with Crippen LogP contribution in [0, 0.1) is 5.41 Å². The molecule has 0 saturated heterocycles. The van der Waals surface area contributed by atoms with Gasteiger partial charge in [-0.2, -0.15) is 0 Å². The van der Waals surface area contributed by atoms with E-state index in [1.54, 1.807) is 0 Å². The minimum atomic E-state index is -0.814. The Balaban J connectivity index is 2.11. The van der Waals surface area contributed by atoms with E-state index >= 15 is 0 Å². The third-order valence-corrected chi connectivity index (χ3v) is 4.43. The summed E-state index contributed by atoms with van der Waals surface area (Å²) in [5.41, 5.74) is 0.118. The molecule has 1 saturated carbocycles. The summed E-state index contributed by atoms with van der Waals surface area (Å²) in [6.45, 7) is 1.94. The van der Waals surface area contributed by atoms with Gasteiger partial charge in [-0.05, 0) is 44.0 Å². The molecule has 1 aromatic carbocycles. The predicted octanol–water partition coefficient (Wildman–Crippen LogP) is 3.58. The fourth-order valence-corrected chi connectivity index (χ4v) is 2.86. The van der Waals surface area contributed by atoms with Crippen molar-refractivity contribution in [1.29, 1.82) is 0 Å². The van der Waals surface area contributed by atoms with Crippen LogP contribution in [0.3, 0.4) is 0 Å². The zero-order valence-electron chi connectivity index (χ0n) is 11.0. The number of nitrogens with one attached hydrogen (secondary N) is 1. The third-order valence-electron chi connectivity index (χ3n) is 3.90. The number of benzene rings is 1. The predicted molar refractivity (Wildman–Crippen MR) is 79.2 cm³/mol. The Morgan fingerprint density at radius 3 is 2.58 bits per heavy atom. The molecule has 1 aliphatic rings. The Kier molecular flexibility index (Phi) is 4.40. The van der Waals surface area contributed by atoms with Gasteiger partial charge < -0.3 is 5.32 Å². The molecule has 1 aliphatic carbocycles. The number of hydrogen-bond acceptors (Lipinski definition) is 3. The standard InChI is InChI=1S/C15H18BrNO2/c1-11(18)15(9-3-2-4-14(15)19)10-17-13-7-5-12(16)6-8-13/h5-8,17H,2-4,9-10H2,1H3. The minimum Gasteiger partial charge on any atom is -0.384 e. The number of ketones is 2. The summed E-state index contributed by atoms with van der Waals surface area (Å²) in [4.78, 5) is 24.1. The molecule has 1 fully saturated rings. The van der Waals surface area contributed by atoms with Crippen LogP contribution in [0.15, 0.2) is 28.7 Å². The van der Waals surface area contributed by atoms with Crippen molar-refractivity contribution >= 4 is 33.2 Å². The fraction of sp³-hybridized carbons (Fsp3) is 0.467. The van der Waals surface area contributed by atoms with Crippen molar-refractivity contribution in [3.05, 3.63) is 28.7 Å². The molecule has 3 nitrogen and oxygen atoms in total. The molecule has 2 rings (SSSR count). The van der Waals surface area contributed by atoms with Gasteiger partial charge >= 0.3 is 0 Å². The first-order valence-corrected chi connectivity index (χ1v) is 7.38. The average molecular weight is 324 g/mol. The Bertz CT molecular complexity index is 483. The zero-order valence-corrected chi connectivity index (χ0v) is 12.6. The zero-order chi connectivity index (χ0) is 13.9. The van der Waals surface area contributed by atoms with Crippen LogP contribution < -0.4 is 5.32 Å². The molecule has 19 heavy (non-hydrogen) atoms. The number of anilines is 1. The van der Waals surface area contributed by atoms with Gasteiger partial charge in [0.05, 0.1) is 0 Å². The Morgan fingerprint density at radius 2 is 2.00 bits per heavy atom. The molecule has 102 valence electrons. The van der Waals surface area contributed by atoms with Gasteiger partial charge in [0.1, 0.15) is 17.0 Å². The number of rotatable bonds is 4. The van der Waals surface area contributed by atoms with Gasteiger partial charge in [0.2, 0.25) is 0 Å². The van der Waals surface area contributed by atoms with Crippen molar-refractivity contribution in [2.45, 2.75) is 32.6 Å². The van der Waals surface area contributed by atoms with Crippen LogP contribution in [0.5, 0.6) is 0 Å². The molecule has 0 heterocycles. The maximum Gasteiger partial charge on any atom is 0.148 e. The number of carbonyl (C=O) groups excluding carboxylic acids is 2. The Hall–Kier alpha value is -1.16. The van der Waals surface area contributed by atoms with E-state index in [0.29, 0.717) is 19.4 Å². The quantitative estimate of drug-likeness (QED) is 0.861. The Morgan fingerprint density at radius 1 is 1.32 bits per heavy atom. The average Bonchev–Trinajstić information content (AvgIpc) is 2.39. The van der Waals surface area contributed by atoms with E-state index in [9.17, 15) is 9.59 Å². The van der Waals surface area contributed by atoms with Crippen molar-refractivity contribution in [3.63, 3.8) is 0 Å². The van der Waals surface area contributed by atoms with Crippen LogP contribution in [0.1, 0.15) is 32.6 Å². The SMILES string of the molecule is CC(=O)C1(CNc2ccc(Br)cc2)CCCCC1=O. The first-order chi connectivity index (χ1) is 9.04. The maximum absolute atomic E-state index is 12.2. The lowest BCUT2D eigenvalue weighted by molar-refractivity contribution is -0.141. The van der Waals surface area contributed by atoms with Crippen molar-refractivity contribution in [1.82, 2.24) is 0 Å². The Labute approximate surface area is 121 Å². The second-order valence-electron chi connectivity index (χ2n) is 5.13. The highest BCUT2D eigenvalue weighted by atomic mass is 79.9. The van der Waals surface area contributed by atoms with Gasteiger partial charge in [0, 0.05) is 23.1 Å². The van der Waals surface area contributed by atoms with Gasteiger partial charge in [-0.3, -0.25) is 9.59 Å². The minimum absolute atomic E-state index is 0.0122. The third kappa shape index (κ3) is 3.06. The molecule has 4 heteroatoms. The van der Waals surface area contributed by atoms with Gasteiger partial charge in [0.25, 0.3) is 0 Å². The van der Waals surface area contributed by atoms with Gasteiger partial charge in [-0.25, -0.2) is 0 Å². The van der Waals surface area contributed by atoms with Crippen molar-refractivity contribution in [2.75, 3.05) is 11.9 Å². The largest absolute Gasteiger partial charge is 0.384 e. The maximum atomic E-state index is 12.2. The lowest BCUT2D eigenvalue weighted by Gasteiger charge is -2.33. The molecule has 1 atom stereocenters. The van der Waals surface area contributed by atoms with Crippen molar-refractivity contribution in [3.8, 4) is 0 Å². The summed E-state index contributed by atoms with van der Waals surface area (Å²) >= 11 is 3.38. The van der Waals surface area contributed by atoms with Crippen LogP contribution in [-0.2, 0) is 9.59 Å². The molecule has 1 unspecified atom stereocenters. The van der Waals surface area contributed by atoms with E-state index in [-0.39, 0.29) is 11.6 Å². The van der Waals surface area contributed by atoms with Crippen molar-refractivity contribution < 1.29 is 9.59 Å².